The van der Waals surface area contributed by atoms with Gasteiger partial charge in [0, 0.05) is 40.7 Å². The van der Waals surface area contributed by atoms with Gasteiger partial charge in [0.1, 0.15) is 16.8 Å². The van der Waals surface area contributed by atoms with Gasteiger partial charge in [0.2, 0.25) is 0 Å². The predicted octanol–water partition coefficient (Wildman–Crippen LogP) is 6.13. The van der Waals surface area contributed by atoms with Gasteiger partial charge in [-0.1, -0.05) is 18.2 Å². The van der Waals surface area contributed by atoms with Crippen molar-refractivity contribution < 1.29 is 4.74 Å². The van der Waals surface area contributed by atoms with Gasteiger partial charge >= 0.3 is 0 Å². The van der Waals surface area contributed by atoms with Crippen LogP contribution in [0.15, 0.2) is 90.7 Å². The van der Waals surface area contributed by atoms with Crippen molar-refractivity contribution in [2.45, 2.75) is 0 Å². The summed E-state index contributed by atoms with van der Waals surface area (Å²) in [5.74, 6) is 0.771. The number of methoxy groups -OCH3 is 1. The van der Waals surface area contributed by atoms with Crippen molar-refractivity contribution in [3.8, 4) is 40.0 Å². The molecule has 164 valence electrons. The summed E-state index contributed by atoms with van der Waals surface area (Å²) in [6.45, 7) is 0. The van der Waals surface area contributed by atoms with Crippen LogP contribution < -0.4 is 4.74 Å². The van der Waals surface area contributed by atoms with Crippen LogP contribution in [0.2, 0.25) is 0 Å². The number of benzene rings is 2. The zero-order chi connectivity index (χ0) is 23.3. The number of para-hydroxylation sites is 1. The van der Waals surface area contributed by atoms with Crippen LogP contribution in [0.4, 0.5) is 0 Å². The van der Waals surface area contributed by atoms with Crippen LogP contribution in [0.5, 0.6) is 5.75 Å². The van der Waals surface area contributed by atoms with E-state index in [9.17, 15) is 5.26 Å². The Balaban J connectivity index is 1.59. The maximum Gasteiger partial charge on any atom is 0.134 e. The smallest absolute Gasteiger partial charge is 0.134 e. The lowest BCUT2D eigenvalue weighted by Gasteiger charge is -2.03. The Morgan fingerprint density at radius 2 is 1.76 bits per heavy atom. The van der Waals surface area contributed by atoms with Crippen molar-refractivity contribution >= 4 is 23.0 Å². The number of hydrogen-bond donors (Lipinski definition) is 0. The second-order valence-corrected chi connectivity index (χ2v) is 8.24. The van der Waals surface area contributed by atoms with E-state index < -0.39 is 0 Å². The molecule has 7 heteroatoms. The normalized spacial score (nSPS) is 11.2. The monoisotopic (exact) mass is 461 g/mol. The lowest BCUT2D eigenvalue weighted by molar-refractivity contribution is 0.415. The Bertz CT molecular complexity index is 1480. The third kappa shape index (κ3) is 4.35. The molecule has 0 amide bonds. The molecule has 0 aliphatic rings. The standard InChI is InChI=1S/C27H19N5OS/c1-33-24-9-7-20(8-10-24)26-22(17-32(31-26)23-5-3-2-4-6-23)15-21(16-28)27-30-25(18-34-27)19-11-13-29-14-12-19/h2-15,17-18H,1H3/b21-15-. The minimum atomic E-state index is 0.479. The fraction of sp³-hybridized carbons (Fsp3) is 0.0370. The molecule has 0 unspecified atom stereocenters. The zero-order valence-corrected chi connectivity index (χ0v) is 19.1. The summed E-state index contributed by atoms with van der Waals surface area (Å²) in [4.78, 5) is 8.75. The maximum atomic E-state index is 9.97. The van der Waals surface area contributed by atoms with Gasteiger partial charge in [0.15, 0.2) is 0 Å². The number of rotatable bonds is 6. The Morgan fingerprint density at radius 3 is 2.47 bits per heavy atom. The number of thiazole rings is 1. The van der Waals surface area contributed by atoms with E-state index in [0.717, 1.165) is 39.5 Å². The molecule has 5 aromatic rings. The third-order valence-corrected chi connectivity index (χ3v) is 6.13. The van der Waals surface area contributed by atoms with Gasteiger partial charge in [-0.25, -0.2) is 9.67 Å². The summed E-state index contributed by atoms with van der Waals surface area (Å²) in [5.41, 5.74) is 5.72. The number of pyridine rings is 1. The van der Waals surface area contributed by atoms with Gasteiger partial charge in [0.05, 0.1) is 29.8 Å². The maximum absolute atomic E-state index is 9.97. The number of nitrogens with zero attached hydrogens (tertiary/aromatic N) is 5. The molecule has 2 aromatic carbocycles. The van der Waals surface area contributed by atoms with E-state index in [-0.39, 0.29) is 0 Å². The van der Waals surface area contributed by atoms with Crippen LogP contribution in [0, 0.1) is 11.3 Å². The summed E-state index contributed by atoms with van der Waals surface area (Å²) in [6, 6.07) is 23.7. The third-order valence-electron chi connectivity index (χ3n) is 5.26. The van der Waals surface area contributed by atoms with Crippen molar-refractivity contribution in [1.29, 1.82) is 5.26 Å². The van der Waals surface area contributed by atoms with Crippen LogP contribution >= 0.6 is 11.3 Å². The summed E-state index contributed by atoms with van der Waals surface area (Å²) >= 11 is 1.44. The van der Waals surface area contributed by atoms with E-state index in [1.54, 1.807) is 19.5 Å². The molecule has 3 aromatic heterocycles. The van der Waals surface area contributed by atoms with Crippen LogP contribution in [0.3, 0.4) is 0 Å². The Kier molecular flexibility index (Phi) is 5.97. The van der Waals surface area contributed by atoms with Crippen LogP contribution in [-0.4, -0.2) is 26.9 Å². The molecule has 0 spiro atoms. The van der Waals surface area contributed by atoms with Gasteiger partial charge in [-0.2, -0.15) is 10.4 Å². The zero-order valence-electron chi connectivity index (χ0n) is 18.3. The first-order valence-electron chi connectivity index (χ1n) is 10.5. The van der Waals surface area contributed by atoms with Crippen molar-refractivity contribution in [3.63, 3.8) is 0 Å². The average molecular weight is 462 g/mol. The Labute approximate surface area is 201 Å². The molecular formula is C27H19N5OS. The van der Waals surface area contributed by atoms with Gasteiger partial charge in [-0.05, 0) is 54.6 Å². The predicted molar refractivity (Wildman–Crippen MR) is 134 cm³/mol. The van der Waals surface area contributed by atoms with Gasteiger partial charge in [-0.3, -0.25) is 4.98 Å². The lowest BCUT2D eigenvalue weighted by Crippen LogP contribution is -1.94. The first kappa shape index (κ1) is 21.3. The molecule has 5 rings (SSSR count). The SMILES string of the molecule is COc1ccc(-c2nn(-c3ccccc3)cc2/C=C(/C#N)c2nc(-c3ccncc3)cs2)cc1. The highest BCUT2D eigenvalue weighted by Gasteiger charge is 2.15. The summed E-state index contributed by atoms with van der Waals surface area (Å²) < 4.78 is 7.12. The molecule has 34 heavy (non-hydrogen) atoms. The van der Waals surface area contributed by atoms with Crippen molar-refractivity contribution in [2.24, 2.45) is 0 Å². The van der Waals surface area contributed by atoms with E-state index in [1.807, 2.05) is 89.1 Å². The number of nitriles is 1. The molecule has 0 N–H and O–H groups in total. The second-order valence-electron chi connectivity index (χ2n) is 7.39. The summed E-state index contributed by atoms with van der Waals surface area (Å²) in [7, 11) is 1.64. The first-order valence-corrected chi connectivity index (χ1v) is 11.4. The average Bonchev–Trinajstić information content (AvgIpc) is 3.56. The van der Waals surface area contributed by atoms with E-state index in [2.05, 4.69) is 11.1 Å². The fourth-order valence-corrected chi connectivity index (χ4v) is 4.32. The molecular weight excluding hydrogens is 442 g/mol. The van der Waals surface area contributed by atoms with E-state index >= 15 is 0 Å². The van der Waals surface area contributed by atoms with E-state index in [1.165, 1.54) is 11.3 Å². The molecule has 0 saturated carbocycles. The van der Waals surface area contributed by atoms with Crippen LogP contribution in [-0.2, 0) is 0 Å². The summed E-state index contributed by atoms with van der Waals surface area (Å²) in [6.07, 6.45) is 7.24. The van der Waals surface area contributed by atoms with Gasteiger partial charge < -0.3 is 4.74 Å². The summed E-state index contributed by atoms with van der Waals surface area (Å²) in [5, 5.41) is 17.4. The highest BCUT2D eigenvalue weighted by Crippen LogP contribution is 2.31. The minimum absolute atomic E-state index is 0.479. The van der Waals surface area contributed by atoms with Crippen molar-refractivity contribution in [1.82, 2.24) is 19.7 Å². The highest BCUT2D eigenvalue weighted by molar-refractivity contribution is 7.11. The molecule has 0 aliphatic carbocycles. The Hall–Kier alpha value is -4.54. The van der Waals surface area contributed by atoms with E-state index in [4.69, 9.17) is 14.8 Å². The first-order chi connectivity index (χ1) is 16.7. The van der Waals surface area contributed by atoms with Gasteiger partial charge in [-0.15, -0.1) is 11.3 Å². The molecule has 0 atom stereocenters. The molecule has 0 saturated heterocycles. The number of allylic oxidation sites excluding steroid dienone is 1. The molecule has 0 aliphatic heterocycles. The quantitative estimate of drug-likeness (QED) is 0.284. The lowest BCUT2D eigenvalue weighted by atomic mass is 10.1. The minimum Gasteiger partial charge on any atom is -0.497 e. The molecule has 0 radical (unpaired) electrons. The highest BCUT2D eigenvalue weighted by atomic mass is 32.1. The largest absolute Gasteiger partial charge is 0.497 e. The molecule has 3 heterocycles. The second kappa shape index (κ2) is 9.53. The number of ether oxygens (including phenoxy) is 1. The molecule has 0 fully saturated rings. The topological polar surface area (TPSA) is 76.6 Å². The fourth-order valence-electron chi connectivity index (χ4n) is 3.53. The van der Waals surface area contributed by atoms with Crippen molar-refractivity contribution in [3.05, 3.63) is 101 Å². The van der Waals surface area contributed by atoms with Crippen LogP contribution in [0.1, 0.15) is 10.6 Å². The van der Waals surface area contributed by atoms with Gasteiger partial charge in [0.25, 0.3) is 0 Å². The van der Waals surface area contributed by atoms with Crippen LogP contribution in [0.25, 0.3) is 39.9 Å². The Morgan fingerprint density at radius 1 is 1.00 bits per heavy atom. The van der Waals surface area contributed by atoms with Crippen molar-refractivity contribution in [2.75, 3.05) is 7.11 Å². The molecule has 6 nitrogen and oxygen atoms in total. The van der Waals surface area contributed by atoms with E-state index in [0.29, 0.717) is 10.6 Å². The number of aromatic nitrogens is 4. The number of hydrogen-bond acceptors (Lipinski definition) is 6. The molecule has 0 bridgehead atoms.